The van der Waals surface area contributed by atoms with Gasteiger partial charge in [-0.05, 0) is 43.4 Å². The van der Waals surface area contributed by atoms with E-state index in [2.05, 4.69) is 48.5 Å². The number of phosphoric ester groups is 2. The molecule has 0 saturated heterocycles. The Bertz CT molecular complexity index is 1850. The number of aliphatic hydroxyl groups excluding tert-OH is 1. The Hall–Kier alpha value is -1.94. The van der Waals surface area contributed by atoms with Crippen molar-refractivity contribution in [2.24, 2.45) is 17.8 Å². The average Bonchev–Trinajstić information content (AvgIpc) is 3.41. The van der Waals surface area contributed by atoms with Gasteiger partial charge in [0, 0.05) is 25.7 Å². The van der Waals surface area contributed by atoms with E-state index in [1.807, 2.05) is 0 Å². The van der Waals surface area contributed by atoms with Gasteiger partial charge in [0.25, 0.3) is 0 Å². The first-order valence-corrected chi connectivity index (χ1v) is 42.3. The average molecular weight is 1400 g/mol. The molecule has 0 rings (SSSR count). The first-order valence-electron chi connectivity index (χ1n) is 39.3. The fraction of sp³-hybridized carbons (Fsp3) is 0.947. The number of aliphatic hydroxyl groups is 1. The Labute approximate surface area is 581 Å². The monoisotopic (exact) mass is 1400 g/mol. The minimum absolute atomic E-state index is 0.106. The molecule has 2 unspecified atom stereocenters. The molecule has 17 nitrogen and oxygen atoms in total. The summed E-state index contributed by atoms with van der Waals surface area (Å²) in [5, 5.41) is 10.6. The Morgan fingerprint density at radius 3 is 0.716 bits per heavy atom. The lowest BCUT2D eigenvalue weighted by molar-refractivity contribution is -0.161. The van der Waals surface area contributed by atoms with Crippen LogP contribution in [0.5, 0.6) is 0 Å². The third-order valence-corrected chi connectivity index (χ3v) is 19.5. The van der Waals surface area contributed by atoms with Gasteiger partial charge in [-0.25, -0.2) is 9.13 Å². The number of esters is 4. The highest BCUT2D eigenvalue weighted by atomic mass is 31.2. The fourth-order valence-electron chi connectivity index (χ4n) is 11.6. The van der Waals surface area contributed by atoms with Crippen molar-refractivity contribution in [3.05, 3.63) is 0 Å². The summed E-state index contributed by atoms with van der Waals surface area (Å²) < 4.78 is 68.5. The van der Waals surface area contributed by atoms with Gasteiger partial charge in [-0.15, -0.1) is 0 Å². The van der Waals surface area contributed by atoms with Crippen LogP contribution in [-0.2, 0) is 65.4 Å². The molecule has 95 heavy (non-hydrogen) atoms. The zero-order valence-corrected chi connectivity index (χ0v) is 63.9. The Kier molecular flexibility index (Phi) is 65.2. The van der Waals surface area contributed by atoms with Crippen LogP contribution in [-0.4, -0.2) is 96.7 Å². The van der Waals surface area contributed by atoms with Gasteiger partial charge in [-0.1, -0.05) is 337 Å². The molecule has 0 aliphatic heterocycles. The molecule has 19 heteroatoms. The molecule has 0 aromatic heterocycles. The number of carbonyl (C=O) groups is 4. The van der Waals surface area contributed by atoms with E-state index >= 15 is 0 Å². The lowest BCUT2D eigenvalue weighted by atomic mass is 10.0. The van der Waals surface area contributed by atoms with Crippen LogP contribution in [0, 0.1) is 17.8 Å². The van der Waals surface area contributed by atoms with Crippen molar-refractivity contribution >= 4 is 39.5 Å². The quantitative estimate of drug-likeness (QED) is 0.0222. The first-order chi connectivity index (χ1) is 45.7. The minimum atomic E-state index is -4.96. The normalized spacial score (nSPS) is 14.1. The number of phosphoric acid groups is 2. The molecule has 0 spiro atoms. The number of carbonyl (C=O) groups excluding carboxylic acids is 4. The van der Waals surface area contributed by atoms with Gasteiger partial charge < -0.3 is 33.8 Å². The van der Waals surface area contributed by atoms with E-state index in [9.17, 15) is 43.2 Å². The van der Waals surface area contributed by atoms with Gasteiger partial charge in [0.1, 0.15) is 19.3 Å². The van der Waals surface area contributed by atoms with Crippen LogP contribution in [0.3, 0.4) is 0 Å². The van der Waals surface area contributed by atoms with Crippen LogP contribution in [0.25, 0.3) is 0 Å². The number of rotatable bonds is 74. The summed E-state index contributed by atoms with van der Waals surface area (Å²) >= 11 is 0. The number of unbranched alkanes of at least 4 members (excludes halogenated alkanes) is 42. The Morgan fingerprint density at radius 1 is 0.284 bits per heavy atom. The standard InChI is InChI=1S/C76H148O17P2/c1-8-9-10-11-12-13-19-29-36-43-50-57-73(78)86-63-72(93-76(81)60-53-46-39-32-25-23-28-35-42-49-56-69(6)7)66-91-95(84,85)89-62-70(77)61-88-94(82,83)90-65-71(64-87-74(79)58-51-44-37-30-24-22-27-34-41-48-55-68(4)5)92-75(80)59-52-45-38-31-21-18-16-14-15-17-20-26-33-40-47-54-67(2)3/h67-72,77H,8-66H2,1-7H3,(H,82,83)(H,84,85)/t70-,71-,72-/m1/s1. The predicted molar refractivity (Wildman–Crippen MR) is 386 cm³/mol. The van der Waals surface area contributed by atoms with Crippen LogP contribution >= 0.6 is 15.6 Å². The summed E-state index contributed by atoms with van der Waals surface area (Å²) in [5.74, 6) is 0.196. The van der Waals surface area contributed by atoms with Crippen molar-refractivity contribution < 1.29 is 80.2 Å². The van der Waals surface area contributed by atoms with E-state index in [0.29, 0.717) is 25.7 Å². The van der Waals surface area contributed by atoms with Gasteiger partial charge in [0.05, 0.1) is 26.4 Å². The topological polar surface area (TPSA) is 237 Å². The molecule has 0 fully saturated rings. The van der Waals surface area contributed by atoms with Gasteiger partial charge >= 0.3 is 39.5 Å². The summed E-state index contributed by atoms with van der Waals surface area (Å²) in [4.78, 5) is 72.8. The molecule has 564 valence electrons. The van der Waals surface area contributed by atoms with E-state index in [1.54, 1.807) is 0 Å². The van der Waals surface area contributed by atoms with Crippen LogP contribution in [0.4, 0.5) is 0 Å². The summed E-state index contributed by atoms with van der Waals surface area (Å²) in [7, 11) is -9.91. The second-order valence-electron chi connectivity index (χ2n) is 28.8. The zero-order chi connectivity index (χ0) is 70.1. The first kappa shape index (κ1) is 93.1. The molecule has 0 heterocycles. The third kappa shape index (κ3) is 70.3. The van der Waals surface area contributed by atoms with E-state index in [4.69, 9.17) is 37.0 Å². The highest BCUT2D eigenvalue weighted by Gasteiger charge is 2.30. The highest BCUT2D eigenvalue weighted by Crippen LogP contribution is 2.45. The summed E-state index contributed by atoms with van der Waals surface area (Å²) in [6.07, 6.45) is 52.6. The molecule has 3 N–H and O–H groups in total. The second kappa shape index (κ2) is 66.6. The maximum absolute atomic E-state index is 13.1. The number of hydrogen-bond acceptors (Lipinski definition) is 15. The minimum Gasteiger partial charge on any atom is -0.462 e. The lowest BCUT2D eigenvalue weighted by Gasteiger charge is -2.21. The smallest absolute Gasteiger partial charge is 0.462 e. The SMILES string of the molecule is CCCCCCCCCCCCCC(=O)OC[C@H](COP(=O)(O)OC[C@H](O)COP(=O)(O)OC[C@@H](COC(=O)CCCCCCCCCCCCC(C)C)OC(=O)CCCCCCCCCCCCCCCCCC(C)C)OC(=O)CCCCCCCCCCCCC(C)C. The molecule has 0 aromatic carbocycles. The Balaban J connectivity index is 5.25. The third-order valence-electron chi connectivity index (χ3n) is 17.6. The summed E-state index contributed by atoms with van der Waals surface area (Å²) in [6.45, 7) is 11.9. The molecule has 5 atom stereocenters. The van der Waals surface area contributed by atoms with Crippen molar-refractivity contribution in [2.45, 2.75) is 407 Å². The Morgan fingerprint density at radius 2 is 0.484 bits per heavy atom. The van der Waals surface area contributed by atoms with Gasteiger partial charge in [-0.3, -0.25) is 37.3 Å². The maximum Gasteiger partial charge on any atom is 0.472 e. The molecule has 0 aliphatic carbocycles. The highest BCUT2D eigenvalue weighted by molar-refractivity contribution is 7.47. The molecule has 0 aromatic rings. The lowest BCUT2D eigenvalue weighted by Crippen LogP contribution is -2.30. The van der Waals surface area contributed by atoms with Crippen molar-refractivity contribution in [2.75, 3.05) is 39.6 Å². The van der Waals surface area contributed by atoms with Crippen molar-refractivity contribution in [3.63, 3.8) is 0 Å². The van der Waals surface area contributed by atoms with Gasteiger partial charge in [0.15, 0.2) is 12.2 Å². The van der Waals surface area contributed by atoms with Gasteiger partial charge in [0.2, 0.25) is 0 Å². The molecule has 0 amide bonds. The molecular formula is C76H148O17P2. The largest absolute Gasteiger partial charge is 0.472 e. The van der Waals surface area contributed by atoms with Crippen LogP contribution in [0.1, 0.15) is 389 Å². The van der Waals surface area contributed by atoms with Gasteiger partial charge in [-0.2, -0.15) is 0 Å². The summed E-state index contributed by atoms with van der Waals surface area (Å²) in [5.41, 5.74) is 0. The van der Waals surface area contributed by atoms with Crippen LogP contribution < -0.4 is 0 Å². The van der Waals surface area contributed by atoms with Crippen LogP contribution in [0.15, 0.2) is 0 Å². The van der Waals surface area contributed by atoms with E-state index in [1.165, 1.54) is 199 Å². The molecule has 0 saturated carbocycles. The summed E-state index contributed by atoms with van der Waals surface area (Å²) in [6, 6.07) is 0. The zero-order valence-electron chi connectivity index (χ0n) is 62.1. The van der Waals surface area contributed by atoms with Crippen molar-refractivity contribution in [3.8, 4) is 0 Å². The van der Waals surface area contributed by atoms with Crippen molar-refractivity contribution in [1.82, 2.24) is 0 Å². The van der Waals surface area contributed by atoms with E-state index < -0.39 is 97.5 Å². The van der Waals surface area contributed by atoms with Crippen molar-refractivity contribution in [1.29, 1.82) is 0 Å². The number of ether oxygens (including phenoxy) is 4. The molecule has 0 aliphatic rings. The predicted octanol–water partition coefficient (Wildman–Crippen LogP) is 22.2. The maximum atomic E-state index is 13.1. The second-order valence-corrected chi connectivity index (χ2v) is 31.7. The van der Waals surface area contributed by atoms with Crippen LogP contribution in [0.2, 0.25) is 0 Å². The molecular weight excluding hydrogens is 1250 g/mol. The number of hydrogen-bond donors (Lipinski definition) is 3. The fourth-order valence-corrected chi connectivity index (χ4v) is 13.2. The molecule has 0 bridgehead atoms. The van der Waals surface area contributed by atoms with E-state index in [0.717, 1.165) is 108 Å². The van der Waals surface area contributed by atoms with E-state index in [-0.39, 0.29) is 25.7 Å². The molecule has 0 radical (unpaired) electrons.